The second kappa shape index (κ2) is 7.85. The van der Waals surface area contributed by atoms with Gasteiger partial charge in [-0.2, -0.15) is 13.2 Å². The van der Waals surface area contributed by atoms with Gasteiger partial charge in [0.15, 0.2) is 0 Å². The van der Waals surface area contributed by atoms with Crippen LogP contribution in [-0.2, 0) is 17.5 Å². The Balaban J connectivity index is 2.08. The Morgan fingerprint density at radius 2 is 1.77 bits per heavy atom. The summed E-state index contributed by atoms with van der Waals surface area (Å²) in [5, 5.41) is 5.08. The van der Waals surface area contributed by atoms with E-state index in [2.05, 4.69) is 10.6 Å². The van der Waals surface area contributed by atoms with Crippen molar-refractivity contribution in [1.82, 2.24) is 9.88 Å². The molecule has 0 fully saturated rings. The van der Waals surface area contributed by atoms with Crippen LogP contribution in [-0.4, -0.2) is 22.9 Å². The Morgan fingerprint density at radius 1 is 1.12 bits per heavy atom. The Morgan fingerprint density at radius 3 is 2.35 bits per heavy atom. The SMILES string of the molecule is CCNC(=O)c1ccc(NC(=O)Cn2cccc(C(F)(F)F)c2=O)cc1. The molecule has 0 bridgehead atoms. The van der Waals surface area contributed by atoms with Crippen LogP contribution >= 0.6 is 0 Å². The molecule has 1 aromatic heterocycles. The molecule has 0 aliphatic carbocycles. The van der Waals surface area contributed by atoms with Crippen molar-refractivity contribution in [3.63, 3.8) is 0 Å². The van der Waals surface area contributed by atoms with E-state index in [4.69, 9.17) is 0 Å². The molecule has 0 aliphatic heterocycles. The molecule has 6 nitrogen and oxygen atoms in total. The second-order valence-electron chi connectivity index (χ2n) is 5.34. The average Bonchev–Trinajstić information content (AvgIpc) is 2.56. The number of carbonyl (C=O) groups is 2. The van der Waals surface area contributed by atoms with Gasteiger partial charge in [0, 0.05) is 24.0 Å². The smallest absolute Gasteiger partial charge is 0.352 e. The zero-order valence-electron chi connectivity index (χ0n) is 13.8. The number of anilines is 1. The number of nitrogens with zero attached hydrogens (tertiary/aromatic N) is 1. The van der Waals surface area contributed by atoms with Crippen LogP contribution < -0.4 is 16.2 Å². The number of aromatic nitrogens is 1. The number of hydrogen-bond acceptors (Lipinski definition) is 3. The number of nitrogens with one attached hydrogen (secondary N) is 2. The topological polar surface area (TPSA) is 80.2 Å². The molecule has 0 radical (unpaired) electrons. The fourth-order valence-electron chi connectivity index (χ4n) is 2.20. The van der Waals surface area contributed by atoms with Crippen LogP contribution in [0.2, 0.25) is 0 Å². The van der Waals surface area contributed by atoms with Gasteiger partial charge in [-0.25, -0.2) is 0 Å². The Labute approximate surface area is 146 Å². The van der Waals surface area contributed by atoms with E-state index in [1.54, 1.807) is 6.92 Å². The number of amides is 2. The number of pyridine rings is 1. The van der Waals surface area contributed by atoms with Crippen LogP contribution in [0.3, 0.4) is 0 Å². The van der Waals surface area contributed by atoms with E-state index in [1.807, 2.05) is 0 Å². The molecule has 1 heterocycles. The highest BCUT2D eigenvalue weighted by Crippen LogP contribution is 2.25. The summed E-state index contributed by atoms with van der Waals surface area (Å²) in [6.07, 6.45) is -3.68. The third-order valence-corrected chi connectivity index (χ3v) is 3.41. The molecule has 2 aromatic rings. The van der Waals surface area contributed by atoms with Crippen molar-refractivity contribution in [3.05, 3.63) is 64.1 Å². The number of benzene rings is 1. The molecular weight excluding hydrogens is 351 g/mol. The fourth-order valence-corrected chi connectivity index (χ4v) is 2.20. The van der Waals surface area contributed by atoms with Gasteiger partial charge in [0.1, 0.15) is 12.1 Å². The zero-order chi connectivity index (χ0) is 19.3. The number of hydrogen-bond donors (Lipinski definition) is 2. The summed E-state index contributed by atoms with van der Waals surface area (Å²) < 4.78 is 38.9. The first-order valence-electron chi connectivity index (χ1n) is 7.67. The van der Waals surface area contributed by atoms with E-state index in [1.165, 1.54) is 24.3 Å². The number of alkyl halides is 3. The summed E-state index contributed by atoms with van der Waals surface area (Å²) in [6.45, 7) is 1.69. The molecule has 0 atom stereocenters. The van der Waals surface area contributed by atoms with Gasteiger partial charge in [-0.1, -0.05) is 0 Å². The van der Waals surface area contributed by atoms with E-state index < -0.39 is 29.8 Å². The van der Waals surface area contributed by atoms with Crippen molar-refractivity contribution in [2.45, 2.75) is 19.6 Å². The van der Waals surface area contributed by atoms with E-state index in [9.17, 15) is 27.6 Å². The van der Waals surface area contributed by atoms with Gasteiger partial charge in [-0.05, 0) is 43.3 Å². The molecule has 0 saturated heterocycles. The highest BCUT2D eigenvalue weighted by atomic mass is 19.4. The molecule has 2 N–H and O–H groups in total. The van der Waals surface area contributed by atoms with E-state index in [0.29, 0.717) is 28.4 Å². The highest BCUT2D eigenvalue weighted by Gasteiger charge is 2.34. The van der Waals surface area contributed by atoms with E-state index in [0.717, 1.165) is 12.3 Å². The summed E-state index contributed by atoms with van der Waals surface area (Å²) in [7, 11) is 0. The zero-order valence-corrected chi connectivity index (χ0v) is 13.8. The Bertz CT molecular complexity index is 858. The van der Waals surface area contributed by atoms with Crippen molar-refractivity contribution < 1.29 is 22.8 Å². The van der Waals surface area contributed by atoms with Gasteiger partial charge in [0.05, 0.1) is 0 Å². The molecule has 2 rings (SSSR count). The van der Waals surface area contributed by atoms with Crippen molar-refractivity contribution in [2.24, 2.45) is 0 Å². The largest absolute Gasteiger partial charge is 0.421 e. The number of halogens is 3. The molecule has 138 valence electrons. The predicted molar refractivity (Wildman–Crippen MR) is 88.8 cm³/mol. The van der Waals surface area contributed by atoms with Crippen molar-refractivity contribution >= 4 is 17.5 Å². The summed E-state index contributed by atoms with van der Waals surface area (Å²) in [6, 6.07) is 7.68. The van der Waals surface area contributed by atoms with Crippen LogP contribution in [0.5, 0.6) is 0 Å². The minimum Gasteiger partial charge on any atom is -0.352 e. The normalized spacial score (nSPS) is 11.1. The lowest BCUT2D eigenvalue weighted by Crippen LogP contribution is -2.31. The first kappa shape index (κ1) is 19.2. The van der Waals surface area contributed by atoms with Crippen molar-refractivity contribution in [3.8, 4) is 0 Å². The first-order valence-corrected chi connectivity index (χ1v) is 7.67. The lowest BCUT2D eigenvalue weighted by atomic mass is 10.2. The first-order chi connectivity index (χ1) is 12.2. The van der Waals surface area contributed by atoms with Crippen LogP contribution in [0.1, 0.15) is 22.8 Å². The van der Waals surface area contributed by atoms with E-state index in [-0.39, 0.29) is 5.91 Å². The molecule has 0 unspecified atom stereocenters. The average molecular weight is 367 g/mol. The maximum absolute atomic E-state index is 12.7. The number of rotatable bonds is 5. The van der Waals surface area contributed by atoms with Crippen molar-refractivity contribution in [1.29, 1.82) is 0 Å². The van der Waals surface area contributed by atoms with Crippen LogP contribution in [0.25, 0.3) is 0 Å². The number of carbonyl (C=O) groups excluding carboxylic acids is 2. The van der Waals surface area contributed by atoms with Gasteiger partial charge in [0.25, 0.3) is 11.5 Å². The predicted octanol–water partition coefficient (Wildman–Crippen LogP) is 2.26. The Kier molecular flexibility index (Phi) is 5.81. The van der Waals surface area contributed by atoms with Gasteiger partial charge >= 0.3 is 6.18 Å². The van der Waals surface area contributed by atoms with Gasteiger partial charge in [-0.15, -0.1) is 0 Å². The summed E-state index contributed by atoms with van der Waals surface area (Å²) in [5.74, 6) is -0.932. The second-order valence-corrected chi connectivity index (χ2v) is 5.34. The minimum atomic E-state index is -4.79. The molecule has 9 heteroatoms. The molecule has 1 aromatic carbocycles. The molecule has 0 saturated carbocycles. The van der Waals surface area contributed by atoms with Gasteiger partial charge in [0.2, 0.25) is 5.91 Å². The molecular formula is C17H16F3N3O3. The third-order valence-electron chi connectivity index (χ3n) is 3.41. The monoisotopic (exact) mass is 367 g/mol. The van der Waals surface area contributed by atoms with Gasteiger partial charge in [-0.3, -0.25) is 14.4 Å². The lowest BCUT2D eigenvalue weighted by molar-refractivity contribution is -0.139. The Hall–Kier alpha value is -3.10. The maximum Gasteiger partial charge on any atom is 0.421 e. The molecule has 0 spiro atoms. The van der Waals surface area contributed by atoms with Crippen LogP contribution in [0.15, 0.2) is 47.4 Å². The van der Waals surface area contributed by atoms with Crippen LogP contribution in [0, 0.1) is 0 Å². The van der Waals surface area contributed by atoms with Gasteiger partial charge < -0.3 is 15.2 Å². The standard InChI is InChI=1S/C17H16F3N3O3/c1-2-21-15(25)11-5-7-12(8-6-11)22-14(24)10-23-9-3-4-13(16(23)26)17(18,19)20/h3-9H,2,10H2,1H3,(H,21,25)(H,22,24). The summed E-state index contributed by atoms with van der Waals surface area (Å²) in [4.78, 5) is 35.4. The van der Waals surface area contributed by atoms with Crippen LogP contribution in [0.4, 0.5) is 18.9 Å². The highest BCUT2D eigenvalue weighted by molar-refractivity contribution is 5.95. The fraction of sp³-hybridized carbons (Fsp3) is 0.235. The molecule has 2 amide bonds. The molecule has 26 heavy (non-hydrogen) atoms. The summed E-state index contributed by atoms with van der Waals surface area (Å²) in [5.41, 5.74) is -1.87. The summed E-state index contributed by atoms with van der Waals surface area (Å²) >= 11 is 0. The minimum absolute atomic E-state index is 0.263. The van der Waals surface area contributed by atoms with E-state index >= 15 is 0 Å². The molecule has 0 aliphatic rings. The maximum atomic E-state index is 12.7. The third kappa shape index (κ3) is 4.71. The van der Waals surface area contributed by atoms with Crippen molar-refractivity contribution in [2.75, 3.05) is 11.9 Å². The lowest BCUT2D eigenvalue weighted by Gasteiger charge is -2.11. The quantitative estimate of drug-likeness (QED) is 0.851.